The fourth-order valence-electron chi connectivity index (χ4n) is 2.53. The van der Waals surface area contributed by atoms with E-state index >= 15 is 0 Å². The summed E-state index contributed by atoms with van der Waals surface area (Å²) in [7, 11) is 0. The highest BCUT2D eigenvalue weighted by Crippen LogP contribution is 2.33. The first-order valence-electron chi connectivity index (χ1n) is 8.70. The van der Waals surface area contributed by atoms with Crippen molar-refractivity contribution in [1.29, 1.82) is 0 Å². The van der Waals surface area contributed by atoms with Crippen LogP contribution in [0.4, 0.5) is 9.59 Å². The zero-order valence-electron chi connectivity index (χ0n) is 16.8. The van der Waals surface area contributed by atoms with Crippen molar-refractivity contribution >= 4 is 23.8 Å². The Morgan fingerprint density at radius 2 is 1.64 bits per heavy atom. The van der Waals surface area contributed by atoms with E-state index in [0.29, 0.717) is 4.73 Å². The van der Waals surface area contributed by atoms with Crippen LogP contribution in [-0.2, 0) is 15.1 Å². The van der Waals surface area contributed by atoms with Gasteiger partial charge < -0.3 is 24.7 Å². The van der Waals surface area contributed by atoms with Crippen molar-refractivity contribution in [3.8, 4) is 0 Å². The third-order valence-electron chi connectivity index (χ3n) is 3.63. The van der Waals surface area contributed by atoms with Crippen LogP contribution in [0, 0.1) is 0 Å². The van der Waals surface area contributed by atoms with Crippen LogP contribution in [0.2, 0.25) is 5.15 Å². The summed E-state index contributed by atoms with van der Waals surface area (Å²) in [6.45, 7) is 10.1. The van der Waals surface area contributed by atoms with Gasteiger partial charge in [-0.3, -0.25) is 0 Å². The Balaban J connectivity index is 2.26. The lowest BCUT2D eigenvalue weighted by molar-refractivity contribution is -0.114. The summed E-state index contributed by atoms with van der Waals surface area (Å²) in [4.78, 5) is 29.1. The van der Waals surface area contributed by atoms with E-state index in [1.54, 1.807) is 41.5 Å². The number of aromatic nitrogens is 1. The quantitative estimate of drug-likeness (QED) is 0.538. The minimum Gasteiger partial charge on any atom is -0.444 e. The fraction of sp³-hybridized carbons (Fsp3) is 0.611. The first-order chi connectivity index (χ1) is 12.6. The molecule has 9 nitrogen and oxygen atoms in total. The van der Waals surface area contributed by atoms with Crippen molar-refractivity contribution in [3.05, 3.63) is 28.3 Å². The van der Waals surface area contributed by atoms with E-state index in [4.69, 9.17) is 21.1 Å². The van der Waals surface area contributed by atoms with Gasteiger partial charge in [0.1, 0.15) is 22.0 Å². The average Bonchev–Trinajstić information content (AvgIpc) is 2.43. The van der Waals surface area contributed by atoms with Gasteiger partial charge in [0.2, 0.25) is 0 Å². The number of carbonyl (C=O) groups excluding carboxylic acids is 2. The largest absolute Gasteiger partial charge is 0.444 e. The van der Waals surface area contributed by atoms with Crippen LogP contribution in [-0.4, -0.2) is 56.4 Å². The number of amides is 2. The number of nitrogens with zero attached hydrogens (tertiary/aromatic N) is 3. The molecule has 1 fully saturated rings. The average molecular weight is 416 g/mol. The van der Waals surface area contributed by atoms with Gasteiger partial charge in [-0.05, 0) is 47.6 Å². The molecule has 156 valence electrons. The molecule has 2 N–H and O–H groups in total. The number of carbonyl (C=O) groups is 2. The normalized spacial score (nSPS) is 17.1. The Hall–Kier alpha value is -2.26. The van der Waals surface area contributed by atoms with Crippen molar-refractivity contribution in [2.24, 2.45) is 4.99 Å². The van der Waals surface area contributed by atoms with Crippen LogP contribution < -0.4 is 5.36 Å². The van der Waals surface area contributed by atoms with Crippen molar-refractivity contribution in [3.63, 3.8) is 0 Å². The second kappa shape index (κ2) is 7.29. The highest BCUT2D eigenvalue weighted by Gasteiger charge is 2.48. The second-order valence-corrected chi connectivity index (χ2v) is 9.08. The molecule has 10 heteroatoms. The van der Waals surface area contributed by atoms with E-state index in [0.717, 1.165) is 0 Å². The third kappa shape index (κ3) is 5.39. The molecule has 0 radical (unpaired) electrons. The molecule has 0 aromatic carbocycles. The molecule has 2 amide bonds. The Morgan fingerprint density at radius 1 is 1.11 bits per heavy atom. The number of aliphatic hydroxyl groups is 1. The Kier molecular flexibility index (Phi) is 5.73. The van der Waals surface area contributed by atoms with Crippen LogP contribution in [0.15, 0.2) is 17.1 Å². The van der Waals surface area contributed by atoms with Gasteiger partial charge in [0.25, 0.3) is 0 Å². The summed E-state index contributed by atoms with van der Waals surface area (Å²) in [6.07, 6.45) is -1.41. The van der Waals surface area contributed by atoms with Crippen molar-refractivity contribution < 1.29 is 29.4 Å². The molecular weight excluding hydrogens is 390 g/mol. The fourth-order valence-corrected chi connectivity index (χ4v) is 2.73. The minimum atomic E-state index is -1.57. The summed E-state index contributed by atoms with van der Waals surface area (Å²) in [6, 6.07) is 2.56. The highest BCUT2D eigenvalue weighted by molar-refractivity contribution is 6.29. The molecule has 1 aromatic rings. The van der Waals surface area contributed by atoms with Gasteiger partial charge >= 0.3 is 12.2 Å². The molecule has 0 atom stereocenters. The van der Waals surface area contributed by atoms with Gasteiger partial charge in [0, 0.05) is 6.07 Å². The lowest BCUT2D eigenvalue weighted by Crippen LogP contribution is -2.62. The molecule has 1 aliphatic heterocycles. The van der Waals surface area contributed by atoms with Crippen molar-refractivity contribution in [1.82, 2.24) is 9.63 Å². The van der Waals surface area contributed by atoms with Gasteiger partial charge in [-0.1, -0.05) is 11.6 Å². The number of hydrogen-bond donors (Lipinski definition) is 2. The van der Waals surface area contributed by atoms with Crippen LogP contribution in [0.1, 0.15) is 47.2 Å². The topological polar surface area (TPSA) is 114 Å². The van der Waals surface area contributed by atoms with Crippen LogP contribution in [0.25, 0.3) is 0 Å². The standard InChI is InChI=1S/C18H26ClN3O6/c1-16(2,3)27-14(23)20-11-7-12(22(26)13(19)8-11)18(25)9-21(10-18)15(24)28-17(4,5)6/h7-8,25-26H,9-10H2,1-6H3/b20-11+. The van der Waals surface area contributed by atoms with Gasteiger partial charge in [0.05, 0.1) is 24.1 Å². The van der Waals surface area contributed by atoms with Gasteiger partial charge in [-0.15, -0.1) is 0 Å². The van der Waals surface area contributed by atoms with Crippen LogP contribution in [0.3, 0.4) is 0 Å². The first-order valence-corrected chi connectivity index (χ1v) is 9.08. The molecule has 0 saturated carbocycles. The number of ether oxygens (including phenoxy) is 2. The molecule has 0 unspecified atom stereocenters. The summed E-state index contributed by atoms with van der Waals surface area (Å²) in [5, 5.41) is 20.9. The number of pyridine rings is 1. The van der Waals surface area contributed by atoms with E-state index in [1.165, 1.54) is 17.0 Å². The number of β-amino-alcohol motifs (C(OH)–C–C–N with tert-alkyl or cyclic N) is 1. The highest BCUT2D eigenvalue weighted by atomic mass is 35.5. The maximum atomic E-state index is 12.1. The number of rotatable bonds is 1. The summed E-state index contributed by atoms with van der Waals surface area (Å²) >= 11 is 5.99. The monoisotopic (exact) mass is 415 g/mol. The summed E-state index contributed by atoms with van der Waals surface area (Å²) in [5.41, 5.74) is -2.98. The molecule has 1 aliphatic rings. The second-order valence-electron chi connectivity index (χ2n) is 8.69. The Labute approximate surface area is 168 Å². The molecule has 2 heterocycles. The molecule has 2 rings (SSSR count). The van der Waals surface area contributed by atoms with E-state index < -0.39 is 29.0 Å². The van der Waals surface area contributed by atoms with Gasteiger partial charge in [0.15, 0.2) is 0 Å². The number of likely N-dealkylation sites (tertiary alicyclic amines) is 1. The van der Waals surface area contributed by atoms with E-state index in [2.05, 4.69) is 4.99 Å². The van der Waals surface area contributed by atoms with Gasteiger partial charge in [-0.25, -0.2) is 9.59 Å². The van der Waals surface area contributed by atoms with Crippen molar-refractivity contribution in [2.75, 3.05) is 13.1 Å². The molecule has 0 aliphatic carbocycles. The molecule has 1 saturated heterocycles. The SMILES string of the molecule is CC(C)(C)OC(=O)/N=c1/cc(Cl)n(O)c(C2(O)CN(C(=O)OC(C)(C)C)C2)c1. The molecule has 28 heavy (non-hydrogen) atoms. The lowest BCUT2D eigenvalue weighted by atomic mass is 9.90. The predicted molar refractivity (Wildman–Crippen MR) is 100 cm³/mol. The van der Waals surface area contributed by atoms with Crippen LogP contribution in [0.5, 0.6) is 0 Å². The first kappa shape index (κ1) is 22.0. The lowest BCUT2D eigenvalue weighted by Gasteiger charge is -2.46. The zero-order valence-corrected chi connectivity index (χ0v) is 17.6. The molecule has 0 bridgehead atoms. The Morgan fingerprint density at radius 3 is 2.14 bits per heavy atom. The van der Waals surface area contributed by atoms with E-state index in [9.17, 15) is 19.9 Å². The summed E-state index contributed by atoms with van der Waals surface area (Å²) < 4.78 is 11.0. The van der Waals surface area contributed by atoms with Gasteiger partial charge in [-0.2, -0.15) is 9.72 Å². The summed E-state index contributed by atoms with van der Waals surface area (Å²) in [5.74, 6) is 0. The minimum absolute atomic E-state index is 0.0119. The predicted octanol–water partition coefficient (Wildman–Crippen LogP) is 2.65. The Bertz CT molecular complexity index is 844. The molecule has 0 spiro atoms. The zero-order chi connectivity index (χ0) is 21.5. The number of hydrogen-bond acceptors (Lipinski definition) is 6. The smallest absolute Gasteiger partial charge is 0.434 e. The van der Waals surface area contributed by atoms with Crippen LogP contribution >= 0.6 is 11.6 Å². The molecular formula is C18H26ClN3O6. The molecule has 1 aromatic heterocycles. The van der Waals surface area contributed by atoms with E-state index in [1.807, 2.05) is 0 Å². The maximum absolute atomic E-state index is 12.1. The van der Waals surface area contributed by atoms with E-state index in [-0.39, 0.29) is 29.3 Å². The maximum Gasteiger partial charge on any atom is 0.434 e. The third-order valence-corrected chi connectivity index (χ3v) is 3.90. The number of halogens is 1. The van der Waals surface area contributed by atoms with Crippen molar-refractivity contribution in [2.45, 2.75) is 58.3 Å².